The zero-order valence-corrected chi connectivity index (χ0v) is 15.7. The number of pyridine rings is 1. The number of aryl methyl sites for hydroxylation is 1. The van der Waals surface area contributed by atoms with Gasteiger partial charge in [-0.2, -0.15) is 0 Å². The van der Waals surface area contributed by atoms with E-state index in [0.717, 1.165) is 24.5 Å². The molecule has 4 rings (SSSR count). The van der Waals surface area contributed by atoms with Crippen molar-refractivity contribution in [3.63, 3.8) is 0 Å². The highest BCUT2D eigenvalue weighted by atomic mass is 19.1. The molecule has 2 aliphatic heterocycles. The predicted molar refractivity (Wildman–Crippen MR) is 101 cm³/mol. The van der Waals surface area contributed by atoms with E-state index in [1.54, 1.807) is 18.5 Å². The number of anilines is 1. The standard InChI is InChI=1S/C21H21F2N3O3/c22-15-10-16(23)17(25-20(27)6-3-12-2-1-7-24-11-12)9-14(15)21(28)26-18-8-13-4-5-19(18)29-13/h1-2,7,9-11,13,18-19H,3-6,8H2,(H,25,27)(H,26,28)/t13-,18+,19+/m0/s1. The molecule has 2 fully saturated rings. The summed E-state index contributed by atoms with van der Waals surface area (Å²) in [4.78, 5) is 28.6. The Kier molecular flexibility index (Phi) is 5.53. The third-order valence-corrected chi connectivity index (χ3v) is 5.36. The van der Waals surface area contributed by atoms with E-state index in [1.807, 2.05) is 6.07 Å². The summed E-state index contributed by atoms with van der Waals surface area (Å²) in [5.74, 6) is -2.99. The number of hydrogen-bond donors (Lipinski definition) is 2. The van der Waals surface area contributed by atoms with Crippen molar-refractivity contribution >= 4 is 17.5 Å². The van der Waals surface area contributed by atoms with Crippen molar-refractivity contribution in [3.8, 4) is 0 Å². The largest absolute Gasteiger partial charge is 0.373 e. The van der Waals surface area contributed by atoms with Gasteiger partial charge in [0.25, 0.3) is 5.91 Å². The minimum absolute atomic E-state index is 0.0564. The van der Waals surface area contributed by atoms with E-state index in [0.29, 0.717) is 18.9 Å². The average Bonchev–Trinajstić information content (AvgIpc) is 3.32. The van der Waals surface area contributed by atoms with E-state index in [1.165, 1.54) is 0 Å². The topological polar surface area (TPSA) is 80.3 Å². The Labute approximate surface area is 166 Å². The van der Waals surface area contributed by atoms with Gasteiger partial charge in [0.2, 0.25) is 5.91 Å². The molecular formula is C21H21F2N3O3. The summed E-state index contributed by atoms with van der Waals surface area (Å²) >= 11 is 0. The van der Waals surface area contributed by atoms with Crippen LogP contribution in [-0.4, -0.2) is 35.0 Å². The van der Waals surface area contributed by atoms with Gasteiger partial charge in [0, 0.05) is 24.9 Å². The van der Waals surface area contributed by atoms with Gasteiger partial charge in [-0.15, -0.1) is 0 Å². The number of amides is 2. The SMILES string of the molecule is O=C(CCc1cccnc1)Nc1cc(C(=O)N[C@@H]2C[C@@H]3CC[C@H]2O3)c(F)cc1F. The number of aromatic nitrogens is 1. The van der Waals surface area contributed by atoms with Crippen LogP contribution >= 0.6 is 0 Å². The first kappa shape index (κ1) is 19.4. The van der Waals surface area contributed by atoms with Crippen LogP contribution in [0.15, 0.2) is 36.7 Å². The molecule has 29 heavy (non-hydrogen) atoms. The molecule has 0 saturated carbocycles. The molecule has 2 N–H and O–H groups in total. The van der Waals surface area contributed by atoms with Crippen LogP contribution in [0.1, 0.15) is 41.6 Å². The van der Waals surface area contributed by atoms with Crippen LogP contribution in [0.25, 0.3) is 0 Å². The maximum atomic E-state index is 14.2. The molecule has 1 aromatic heterocycles. The van der Waals surface area contributed by atoms with E-state index >= 15 is 0 Å². The summed E-state index contributed by atoms with van der Waals surface area (Å²) in [5.41, 5.74) is 0.337. The minimum atomic E-state index is -0.975. The van der Waals surface area contributed by atoms with Gasteiger partial charge in [-0.05, 0) is 43.4 Å². The molecule has 0 unspecified atom stereocenters. The molecule has 2 bridgehead atoms. The number of nitrogens with one attached hydrogen (secondary N) is 2. The van der Waals surface area contributed by atoms with Crippen LogP contribution in [0.2, 0.25) is 0 Å². The number of carbonyl (C=O) groups is 2. The Morgan fingerprint density at radius 1 is 1.21 bits per heavy atom. The molecular weight excluding hydrogens is 380 g/mol. The van der Waals surface area contributed by atoms with Gasteiger partial charge >= 0.3 is 0 Å². The Morgan fingerprint density at radius 2 is 2.07 bits per heavy atom. The normalized spacial score (nSPS) is 22.5. The number of halogens is 2. The van der Waals surface area contributed by atoms with Gasteiger partial charge in [0.15, 0.2) is 0 Å². The summed E-state index contributed by atoms with van der Waals surface area (Å²) in [5, 5.41) is 5.19. The van der Waals surface area contributed by atoms with E-state index in [-0.39, 0.29) is 35.9 Å². The number of benzene rings is 1. The number of nitrogens with zero attached hydrogens (tertiary/aromatic N) is 1. The molecule has 2 aliphatic rings. The molecule has 6 nitrogen and oxygen atoms in total. The second-order valence-corrected chi connectivity index (χ2v) is 7.41. The zero-order chi connectivity index (χ0) is 20.4. The van der Waals surface area contributed by atoms with Crippen molar-refractivity contribution in [3.05, 3.63) is 59.4 Å². The first-order chi connectivity index (χ1) is 14.0. The zero-order valence-electron chi connectivity index (χ0n) is 15.7. The Bertz CT molecular complexity index is 923. The first-order valence-corrected chi connectivity index (χ1v) is 9.63. The molecule has 1 aromatic carbocycles. The molecule has 3 heterocycles. The highest BCUT2D eigenvalue weighted by Gasteiger charge is 2.41. The maximum Gasteiger partial charge on any atom is 0.254 e. The van der Waals surface area contributed by atoms with E-state index in [9.17, 15) is 18.4 Å². The fraction of sp³-hybridized carbons (Fsp3) is 0.381. The van der Waals surface area contributed by atoms with Crippen LogP contribution in [0.5, 0.6) is 0 Å². The Balaban J connectivity index is 1.41. The lowest BCUT2D eigenvalue weighted by molar-refractivity contribution is -0.116. The second kappa shape index (κ2) is 8.24. The first-order valence-electron chi connectivity index (χ1n) is 9.63. The lowest BCUT2D eigenvalue weighted by Crippen LogP contribution is -2.41. The van der Waals surface area contributed by atoms with Crippen molar-refractivity contribution in [2.24, 2.45) is 0 Å². The third kappa shape index (κ3) is 4.42. The molecule has 152 valence electrons. The highest BCUT2D eigenvalue weighted by Crippen LogP contribution is 2.34. The van der Waals surface area contributed by atoms with Gasteiger partial charge in [0.1, 0.15) is 11.6 Å². The number of ether oxygens (including phenoxy) is 1. The summed E-state index contributed by atoms with van der Waals surface area (Å²) in [7, 11) is 0. The minimum Gasteiger partial charge on any atom is -0.373 e. The van der Waals surface area contributed by atoms with Crippen LogP contribution < -0.4 is 10.6 Å². The second-order valence-electron chi connectivity index (χ2n) is 7.41. The molecule has 0 aliphatic carbocycles. The number of carbonyl (C=O) groups excluding carboxylic acids is 2. The molecule has 2 aromatic rings. The fourth-order valence-corrected chi connectivity index (χ4v) is 3.87. The van der Waals surface area contributed by atoms with Crippen molar-refractivity contribution in [2.75, 3.05) is 5.32 Å². The average molecular weight is 401 g/mol. The monoisotopic (exact) mass is 401 g/mol. The maximum absolute atomic E-state index is 14.2. The summed E-state index contributed by atoms with van der Waals surface area (Å²) < 4.78 is 34.0. The van der Waals surface area contributed by atoms with Crippen LogP contribution in [-0.2, 0) is 16.0 Å². The lowest BCUT2D eigenvalue weighted by atomic mass is 9.95. The summed E-state index contributed by atoms with van der Waals surface area (Å²) in [6.45, 7) is 0. The smallest absolute Gasteiger partial charge is 0.254 e. The van der Waals surface area contributed by atoms with Crippen LogP contribution in [0.4, 0.5) is 14.5 Å². The summed E-state index contributed by atoms with van der Waals surface area (Å²) in [6.07, 6.45) is 6.42. The van der Waals surface area contributed by atoms with Crippen LogP contribution in [0.3, 0.4) is 0 Å². The molecule has 8 heteroatoms. The van der Waals surface area contributed by atoms with Crippen molar-refractivity contribution in [1.82, 2.24) is 10.3 Å². The third-order valence-electron chi connectivity index (χ3n) is 5.36. The molecule has 0 spiro atoms. The fourth-order valence-electron chi connectivity index (χ4n) is 3.87. The Hall–Kier alpha value is -2.87. The predicted octanol–water partition coefficient (Wildman–Crippen LogP) is 2.98. The molecule has 3 atom stereocenters. The van der Waals surface area contributed by atoms with Gasteiger partial charge in [-0.1, -0.05) is 6.07 Å². The summed E-state index contributed by atoms with van der Waals surface area (Å²) in [6, 6.07) is 5.07. The number of hydrogen-bond acceptors (Lipinski definition) is 4. The Morgan fingerprint density at radius 3 is 2.76 bits per heavy atom. The van der Waals surface area contributed by atoms with Crippen LogP contribution in [0, 0.1) is 11.6 Å². The van der Waals surface area contributed by atoms with Gasteiger partial charge in [0.05, 0.1) is 29.5 Å². The van der Waals surface area contributed by atoms with Crippen molar-refractivity contribution in [1.29, 1.82) is 0 Å². The van der Waals surface area contributed by atoms with E-state index in [4.69, 9.17) is 4.74 Å². The number of rotatable bonds is 6. The molecule has 0 radical (unpaired) electrons. The lowest BCUT2D eigenvalue weighted by Gasteiger charge is -2.20. The van der Waals surface area contributed by atoms with Crippen molar-refractivity contribution in [2.45, 2.75) is 50.4 Å². The number of fused-ring (bicyclic) bond motifs is 2. The molecule has 2 amide bonds. The molecule has 2 saturated heterocycles. The van der Waals surface area contributed by atoms with Gasteiger partial charge in [-0.3, -0.25) is 14.6 Å². The van der Waals surface area contributed by atoms with Gasteiger partial charge in [-0.25, -0.2) is 8.78 Å². The van der Waals surface area contributed by atoms with Gasteiger partial charge < -0.3 is 15.4 Å². The van der Waals surface area contributed by atoms with Crippen molar-refractivity contribution < 1.29 is 23.1 Å². The highest BCUT2D eigenvalue weighted by molar-refractivity contribution is 5.97. The van der Waals surface area contributed by atoms with E-state index < -0.39 is 23.4 Å². The quantitative estimate of drug-likeness (QED) is 0.780. The van der Waals surface area contributed by atoms with E-state index in [2.05, 4.69) is 15.6 Å².